The first-order chi connectivity index (χ1) is 9.82. The number of nitrogens with one attached hydrogen (secondary N) is 1. The molecule has 2 atom stereocenters. The number of carbonyl (C=O) groups excluding carboxylic acids is 1. The van der Waals surface area contributed by atoms with Crippen LogP contribution in [0.4, 0.5) is 4.79 Å². The Morgan fingerprint density at radius 1 is 1.33 bits per heavy atom. The number of amides is 2. The molecule has 2 N–H and O–H groups in total. The summed E-state index contributed by atoms with van der Waals surface area (Å²) in [6.45, 7) is 8.72. The molecule has 2 amide bonds. The summed E-state index contributed by atoms with van der Waals surface area (Å²) in [4.78, 5) is 26.9. The molecule has 6 nitrogen and oxygen atoms in total. The third-order valence-electron chi connectivity index (χ3n) is 4.31. The number of nitrogens with zero attached hydrogens (tertiary/aromatic N) is 2. The lowest BCUT2D eigenvalue weighted by atomic mass is 9.99. The van der Waals surface area contributed by atoms with Crippen molar-refractivity contribution < 1.29 is 14.7 Å². The summed E-state index contributed by atoms with van der Waals surface area (Å²) in [5, 5.41) is 11.9. The maximum Gasteiger partial charge on any atom is 0.317 e. The summed E-state index contributed by atoms with van der Waals surface area (Å²) < 4.78 is 0. The fourth-order valence-electron chi connectivity index (χ4n) is 2.51. The van der Waals surface area contributed by atoms with Crippen molar-refractivity contribution in [3.63, 3.8) is 0 Å². The van der Waals surface area contributed by atoms with Crippen LogP contribution < -0.4 is 5.32 Å². The van der Waals surface area contributed by atoms with Crippen LogP contribution >= 0.6 is 0 Å². The Balaban J connectivity index is 2.19. The number of unbranched alkanes of at least 4 members (excludes halogenated alkanes) is 1. The van der Waals surface area contributed by atoms with Crippen LogP contribution in [0.1, 0.15) is 33.6 Å². The van der Waals surface area contributed by atoms with Crippen LogP contribution in [-0.2, 0) is 4.79 Å². The van der Waals surface area contributed by atoms with E-state index in [1.165, 1.54) is 0 Å². The van der Waals surface area contributed by atoms with Crippen LogP contribution in [0.5, 0.6) is 0 Å². The SMILES string of the molecule is CC(C)N(C)CCCCNC(=O)N1C[C@@H](C)[C@H](C(=O)O)C1. The lowest BCUT2D eigenvalue weighted by Gasteiger charge is -2.21. The number of carbonyl (C=O) groups is 2. The van der Waals surface area contributed by atoms with Crippen LogP contribution in [0.3, 0.4) is 0 Å². The molecule has 0 aromatic heterocycles. The van der Waals surface area contributed by atoms with Crippen molar-refractivity contribution in [2.45, 2.75) is 39.7 Å². The highest BCUT2D eigenvalue weighted by Crippen LogP contribution is 2.22. The molecule has 0 bridgehead atoms. The van der Waals surface area contributed by atoms with Gasteiger partial charge in [-0.1, -0.05) is 6.92 Å². The van der Waals surface area contributed by atoms with Crippen molar-refractivity contribution in [1.29, 1.82) is 0 Å². The number of hydrogen-bond donors (Lipinski definition) is 2. The fourth-order valence-corrected chi connectivity index (χ4v) is 2.51. The average molecular weight is 299 g/mol. The lowest BCUT2D eigenvalue weighted by Crippen LogP contribution is -2.39. The molecule has 0 aromatic carbocycles. The summed E-state index contributed by atoms with van der Waals surface area (Å²) in [6, 6.07) is 0.404. The minimum absolute atomic E-state index is 0.0212. The van der Waals surface area contributed by atoms with Crippen molar-refractivity contribution in [2.75, 3.05) is 33.2 Å². The Bertz CT molecular complexity index is 360. The summed E-state index contributed by atoms with van der Waals surface area (Å²) in [5.74, 6) is -1.22. The average Bonchev–Trinajstić information content (AvgIpc) is 2.80. The highest BCUT2D eigenvalue weighted by molar-refractivity contribution is 5.77. The normalized spacial score (nSPS) is 22.1. The van der Waals surface area contributed by atoms with E-state index in [1.54, 1.807) is 4.90 Å². The minimum atomic E-state index is -0.811. The van der Waals surface area contributed by atoms with E-state index in [9.17, 15) is 9.59 Å². The Morgan fingerprint density at radius 2 is 2.00 bits per heavy atom. The molecule has 6 heteroatoms. The number of carboxylic acids is 1. The second kappa shape index (κ2) is 8.22. The maximum atomic E-state index is 12.0. The summed E-state index contributed by atoms with van der Waals surface area (Å²) in [6.07, 6.45) is 1.98. The molecule has 1 aliphatic heterocycles. The summed E-state index contributed by atoms with van der Waals surface area (Å²) in [5.41, 5.74) is 0. The van der Waals surface area contributed by atoms with Crippen LogP contribution in [0.15, 0.2) is 0 Å². The Morgan fingerprint density at radius 3 is 2.52 bits per heavy atom. The van der Waals surface area contributed by atoms with Gasteiger partial charge in [0.1, 0.15) is 0 Å². The Hall–Kier alpha value is -1.30. The van der Waals surface area contributed by atoms with Gasteiger partial charge in [0.25, 0.3) is 0 Å². The fraction of sp³-hybridized carbons (Fsp3) is 0.867. The Kier molecular flexibility index (Phi) is 6.95. The van der Waals surface area contributed by atoms with Gasteiger partial charge in [0.2, 0.25) is 0 Å². The molecule has 1 rings (SSSR count). The maximum absolute atomic E-state index is 12.0. The first-order valence-electron chi connectivity index (χ1n) is 7.78. The molecule has 21 heavy (non-hydrogen) atoms. The first kappa shape index (κ1) is 17.8. The van der Waals surface area contributed by atoms with Crippen molar-refractivity contribution in [3.8, 4) is 0 Å². The predicted molar refractivity (Wildman–Crippen MR) is 82.3 cm³/mol. The molecule has 0 unspecified atom stereocenters. The number of likely N-dealkylation sites (tertiary alicyclic amines) is 1. The second-order valence-electron chi connectivity index (χ2n) is 6.34. The van der Waals surface area contributed by atoms with E-state index < -0.39 is 11.9 Å². The molecule has 122 valence electrons. The largest absolute Gasteiger partial charge is 0.481 e. The third kappa shape index (κ3) is 5.53. The van der Waals surface area contributed by atoms with E-state index in [4.69, 9.17) is 5.11 Å². The number of hydrogen-bond acceptors (Lipinski definition) is 3. The first-order valence-corrected chi connectivity index (χ1v) is 7.78. The number of aliphatic carboxylic acids is 1. The molecule has 1 heterocycles. The van der Waals surface area contributed by atoms with E-state index in [-0.39, 0.29) is 11.9 Å². The van der Waals surface area contributed by atoms with Gasteiger partial charge >= 0.3 is 12.0 Å². The van der Waals surface area contributed by atoms with E-state index in [0.29, 0.717) is 25.7 Å². The molecule has 1 saturated heterocycles. The van der Waals surface area contributed by atoms with Gasteiger partial charge < -0.3 is 20.2 Å². The van der Waals surface area contributed by atoms with E-state index >= 15 is 0 Å². The van der Waals surface area contributed by atoms with Crippen molar-refractivity contribution in [2.24, 2.45) is 11.8 Å². The molecule has 0 spiro atoms. The monoisotopic (exact) mass is 299 g/mol. The van der Waals surface area contributed by atoms with Gasteiger partial charge in [-0.15, -0.1) is 0 Å². The zero-order chi connectivity index (χ0) is 16.0. The van der Waals surface area contributed by atoms with Crippen LogP contribution in [-0.4, -0.2) is 66.2 Å². The molecule has 1 aliphatic rings. The molecule has 0 aliphatic carbocycles. The summed E-state index contributed by atoms with van der Waals surface area (Å²) in [7, 11) is 2.10. The van der Waals surface area contributed by atoms with E-state index in [1.807, 2.05) is 6.92 Å². The molecule has 0 radical (unpaired) electrons. The van der Waals surface area contributed by atoms with Crippen LogP contribution in [0.25, 0.3) is 0 Å². The van der Waals surface area contributed by atoms with Crippen LogP contribution in [0, 0.1) is 11.8 Å². The number of rotatable bonds is 7. The Labute approximate surface area is 127 Å². The summed E-state index contributed by atoms with van der Waals surface area (Å²) >= 11 is 0. The molecular weight excluding hydrogens is 270 g/mol. The molecule has 1 fully saturated rings. The van der Waals surface area contributed by atoms with E-state index in [0.717, 1.165) is 19.4 Å². The zero-order valence-electron chi connectivity index (χ0n) is 13.6. The van der Waals surface area contributed by atoms with Gasteiger partial charge in [0.15, 0.2) is 0 Å². The second-order valence-corrected chi connectivity index (χ2v) is 6.34. The quantitative estimate of drug-likeness (QED) is 0.698. The minimum Gasteiger partial charge on any atom is -0.481 e. The standard InChI is InChI=1S/C15H29N3O3/c1-11(2)17(4)8-6-5-7-16-15(21)18-9-12(3)13(10-18)14(19)20/h11-13H,5-10H2,1-4H3,(H,16,21)(H,19,20)/t12-,13-/m1/s1. The highest BCUT2D eigenvalue weighted by atomic mass is 16.4. The third-order valence-corrected chi connectivity index (χ3v) is 4.31. The predicted octanol–water partition coefficient (Wildman–Crippen LogP) is 1.47. The van der Waals surface area contributed by atoms with Gasteiger partial charge in [0, 0.05) is 25.7 Å². The zero-order valence-corrected chi connectivity index (χ0v) is 13.6. The molecule has 0 aromatic rings. The van der Waals surface area contributed by atoms with Gasteiger partial charge in [-0.2, -0.15) is 0 Å². The van der Waals surface area contributed by atoms with Crippen LogP contribution in [0.2, 0.25) is 0 Å². The smallest absolute Gasteiger partial charge is 0.317 e. The molecule has 0 saturated carbocycles. The van der Waals surface area contributed by atoms with Gasteiger partial charge in [0.05, 0.1) is 5.92 Å². The van der Waals surface area contributed by atoms with Crippen molar-refractivity contribution in [1.82, 2.24) is 15.1 Å². The lowest BCUT2D eigenvalue weighted by molar-refractivity contribution is -0.142. The van der Waals surface area contributed by atoms with E-state index in [2.05, 4.69) is 31.1 Å². The van der Waals surface area contributed by atoms with Gasteiger partial charge in [-0.05, 0) is 46.2 Å². The number of carboxylic acid groups (broad SMARTS) is 1. The number of urea groups is 1. The topological polar surface area (TPSA) is 72.9 Å². The highest BCUT2D eigenvalue weighted by Gasteiger charge is 2.36. The molecular formula is C15H29N3O3. The van der Waals surface area contributed by atoms with Crippen molar-refractivity contribution >= 4 is 12.0 Å². The van der Waals surface area contributed by atoms with Crippen molar-refractivity contribution in [3.05, 3.63) is 0 Å². The van der Waals surface area contributed by atoms with Gasteiger partial charge in [-0.3, -0.25) is 4.79 Å². The van der Waals surface area contributed by atoms with Gasteiger partial charge in [-0.25, -0.2) is 4.79 Å².